The first-order valence-corrected chi connectivity index (χ1v) is 8.49. The second-order valence-corrected chi connectivity index (χ2v) is 5.77. The number of nitrogens with one attached hydrogen (secondary N) is 1. The molecule has 20 heavy (non-hydrogen) atoms. The summed E-state index contributed by atoms with van der Waals surface area (Å²) in [5.41, 5.74) is 1.35. The largest absolute Gasteiger partial charge is 0.314 e. The Morgan fingerprint density at radius 3 is 2.55 bits per heavy atom. The van der Waals surface area contributed by atoms with Crippen LogP contribution in [0.25, 0.3) is 0 Å². The molecule has 1 N–H and O–H groups in total. The maximum Gasteiger partial charge on any atom is 0.0300 e. The fourth-order valence-electron chi connectivity index (χ4n) is 2.60. The number of pyridine rings is 1. The maximum absolute atomic E-state index is 4.22. The van der Waals surface area contributed by atoms with E-state index in [4.69, 9.17) is 0 Å². The number of aromatic nitrogens is 1. The standard InChI is InChI=1S/C18H32N2/c1-3-5-6-7-8-9-12-18(20-13-4-2)15-17-11-10-14-19-16-17/h10-11,14,16,18,20H,3-9,12-13,15H2,1-2H3. The second kappa shape index (κ2) is 11.9. The molecule has 1 rings (SSSR count). The van der Waals surface area contributed by atoms with Crippen LogP contribution in [-0.2, 0) is 6.42 Å². The van der Waals surface area contributed by atoms with Crippen LogP contribution in [0.1, 0.15) is 70.8 Å². The first-order valence-electron chi connectivity index (χ1n) is 8.49. The van der Waals surface area contributed by atoms with Gasteiger partial charge in [0.05, 0.1) is 0 Å². The van der Waals surface area contributed by atoms with Gasteiger partial charge in [0.25, 0.3) is 0 Å². The number of hydrogen-bond acceptors (Lipinski definition) is 2. The third-order valence-electron chi connectivity index (χ3n) is 3.79. The van der Waals surface area contributed by atoms with Crippen LogP contribution < -0.4 is 5.32 Å². The van der Waals surface area contributed by atoms with Crippen LogP contribution in [0, 0.1) is 0 Å². The molecule has 0 aliphatic heterocycles. The van der Waals surface area contributed by atoms with Crippen molar-refractivity contribution in [2.75, 3.05) is 6.54 Å². The van der Waals surface area contributed by atoms with Crippen LogP contribution in [0.3, 0.4) is 0 Å². The van der Waals surface area contributed by atoms with Crippen LogP contribution in [0.4, 0.5) is 0 Å². The summed E-state index contributed by atoms with van der Waals surface area (Å²) in [6.45, 7) is 5.64. The van der Waals surface area contributed by atoms with Gasteiger partial charge in [0.15, 0.2) is 0 Å². The summed E-state index contributed by atoms with van der Waals surface area (Å²) in [5.74, 6) is 0. The molecule has 1 unspecified atom stereocenters. The molecule has 0 saturated heterocycles. The topological polar surface area (TPSA) is 24.9 Å². The highest BCUT2D eigenvalue weighted by atomic mass is 14.9. The highest BCUT2D eigenvalue weighted by molar-refractivity contribution is 5.10. The average Bonchev–Trinajstić information content (AvgIpc) is 2.49. The van der Waals surface area contributed by atoms with Crippen molar-refractivity contribution in [2.45, 2.75) is 77.7 Å². The fourth-order valence-corrected chi connectivity index (χ4v) is 2.60. The van der Waals surface area contributed by atoms with Gasteiger partial charge in [0.1, 0.15) is 0 Å². The molecule has 0 bridgehead atoms. The zero-order chi connectivity index (χ0) is 14.5. The lowest BCUT2D eigenvalue weighted by atomic mass is 10.0. The quantitative estimate of drug-likeness (QED) is 0.558. The van der Waals surface area contributed by atoms with Crippen molar-refractivity contribution in [3.05, 3.63) is 30.1 Å². The van der Waals surface area contributed by atoms with Gasteiger partial charge in [-0.15, -0.1) is 0 Å². The molecule has 2 heteroatoms. The summed E-state index contributed by atoms with van der Waals surface area (Å²) in [6, 6.07) is 4.84. The molecular weight excluding hydrogens is 244 g/mol. The van der Waals surface area contributed by atoms with Crippen molar-refractivity contribution in [3.63, 3.8) is 0 Å². The van der Waals surface area contributed by atoms with E-state index < -0.39 is 0 Å². The summed E-state index contributed by atoms with van der Waals surface area (Å²) < 4.78 is 0. The van der Waals surface area contributed by atoms with Gasteiger partial charge in [0, 0.05) is 18.4 Å². The molecule has 0 aromatic carbocycles. The Morgan fingerprint density at radius 2 is 1.85 bits per heavy atom. The Morgan fingerprint density at radius 1 is 1.05 bits per heavy atom. The van der Waals surface area contributed by atoms with Crippen molar-refractivity contribution >= 4 is 0 Å². The van der Waals surface area contributed by atoms with E-state index in [1.807, 2.05) is 18.5 Å². The van der Waals surface area contributed by atoms with E-state index in [0.29, 0.717) is 6.04 Å². The normalized spacial score (nSPS) is 12.5. The highest BCUT2D eigenvalue weighted by Gasteiger charge is 2.08. The van der Waals surface area contributed by atoms with E-state index in [1.54, 1.807) is 0 Å². The molecule has 0 aliphatic carbocycles. The SMILES string of the molecule is CCCCCCCCC(Cc1cccnc1)NCCC. The molecular formula is C18H32N2. The van der Waals surface area contributed by atoms with E-state index in [1.165, 1.54) is 56.9 Å². The molecule has 0 fully saturated rings. The van der Waals surface area contributed by atoms with E-state index in [9.17, 15) is 0 Å². The van der Waals surface area contributed by atoms with Crippen molar-refractivity contribution in [1.82, 2.24) is 10.3 Å². The van der Waals surface area contributed by atoms with Crippen LogP contribution in [-0.4, -0.2) is 17.6 Å². The predicted molar refractivity (Wildman–Crippen MR) is 88.0 cm³/mol. The van der Waals surface area contributed by atoms with E-state index in [2.05, 4.69) is 30.2 Å². The van der Waals surface area contributed by atoms with Gasteiger partial charge >= 0.3 is 0 Å². The number of nitrogens with zero attached hydrogens (tertiary/aromatic N) is 1. The molecule has 1 aromatic rings. The molecule has 2 nitrogen and oxygen atoms in total. The minimum atomic E-state index is 0.616. The number of rotatable bonds is 12. The molecule has 0 aliphatic rings. The lowest BCUT2D eigenvalue weighted by molar-refractivity contribution is 0.450. The molecule has 0 spiro atoms. The van der Waals surface area contributed by atoms with Gasteiger partial charge in [-0.25, -0.2) is 0 Å². The van der Waals surface area contributed by atoms with Gasteiger partial charge < -0.3 is 5.32 Å². The van der Waals surface area contributed by atoms with Gasteiger partial charge in [-0.05, 0) is 37.4 Å². The molecule has 0 radical (unpaired) electrons. The van der Waals surface area contributed by atoms with Crippen molar-refractivity contribution in [2.24, 2.45) is 0 Å². The maximum atomic E-state index is 4.22. The zero-order valence-corrected chi connectivity index (χ0v) is 13.4. The Labute approximate surface area is 125 Å². The Bertz CT molecular complexity index is 310. The molecule has 1 heterocycles. The summed E-state index contributed by atoms with van der Waals surface area (Å²) in [7, 11) is 0. The zero-order valence-electron chi connectivity index (χ0n) is 13.4. The van der Waals surface area contributed by atoms with Crippen LogP contribution in [0.15, 0.2) is 24.5 Å². The Hall–Kier alpha value is -0.890. The second-order valence-electron chi connectivity index (χ2n) is 5.77. The third kappa shape index (κ3) is 8.31. The lowest BCUT2D eigenvalue weighted by Crippen LogP contribution is -2.31. The summed E-state index contributed by atoms with van der Waals surface area (Å²) >= 11 is 0. The molecule has 1 atom stereocenters. The number of hydrogen-bond donors (Lipinski definition) is 1. The van der Waals surface area contributed by atoms with Gasteiger partial charge in [-0.3, -0.25) is 4.98 Å². The van der Waals surface area contributed by atoms with E-state index in [-0.39, 0.29) is 0 Å². The van der Waals surface area contributed by atoms with Crippen LogP contribution in [0.2, 0.25) is 0 Å². The smallest absolute Gasteiger partial charge is 0.0300 e. The summed E-state index contributed by atoms with van der Waals surface area (Å²) in [4.78, 5) is 4.22. The van der Waals surface area contributed by atoms with E-state index >= 15 is 0 Å². The molecule has 0 amide bonds. The monoisotopic (exact) mass is 276 g/mol. The Balaban J connectivity index is 2.25. The average molecular weight is 276 g/mol. The first kappa shape index (κ1) is 17.2. The summed E-state index contributed by atoms with van der Waals surface area (Å²) in [6.07, 6.45) is 15.8. The summed E-state index contributed by atoms with van der Waals surface area (Å²) in [5, 5.41) is 3.69. The van der Waals surface area contributed by atoms with Crippen molar-refractivity contribution < 1.29 is 0 Å². The first-order chi connectivity index (χ1) is 9.86. The Kier molecular flexibility index (Phi) is 10.2. The van der Waals surface area contributed by atoms with E-state index in [0.717, 1.165) is 13.0 Å². The third-order valence-corrected chi connectivity index (χ3v) is 3.79. The van der Waals surface area contributed by atoms with Crippen LogP contribution in [0.5, 0.6) is 0 Å². The van der Waals surface area contributed by atoms with Gasteiger partial charge in [0.2, 0.25) is 0 Å². The molecule has 114 valence electrons. The van der Waals surface area contributed by atoms with Crippen molar-refractivity contribution in [3.8, 4) is 0 Å². The van der Waals surface area contributed by atoms with Gasteiger partial charge in [-0.1, -0.05) is 58.4 Å². The minimum Gasteiger partial charge on any atom is -0.314 e. The highest BCUT2D eigenvalue weighted by Crippen LogP contribution is 2.11. The van der Waals surface area contributed by atoms with Crippen molar-refractivity contribution in [1.29, 1.82) is 0 Å². The minimum absolute atomic E-state index is 0.616. The lowest BCUT2D eigenvalue weighted by Gasteiger charge is -2.18. The number of unbranched alkanes of at least 4 members (excludes halogenated alkanes) is 5. The van der Waals surface area contributed by atoms with Gasteiger partial charge in [-0.2, -0.15) is 0 Å². The predicted octanol–water partition coefficient (Wildman–Crippen LogP) is 4.74. The molecule has 1 aromatic heterocycles. The van der Waals surface area contributed by atoms with Crippen LogP contribution >= 0.6 is 0 Å². The fraction of sp³-hybridized carbons (Fsp3) is 0.722. The molecule has 0 saturated carbocycles.